The maximum Gasteiger partial charge on any atom is 0.220 e. The SMILES string of the molecule is CNCCCC(=O)NCCCOc1ccccc1C.Cl. The molecule has 0 aliphatic heterocycles. The van der Waals surface area contributed by atoms with E-state index >= 15 is 0 Å². The van der Waals surface area contributed by atoms with Crippen molar-refractivity contribution in [3.63, 3.8) is 0 Å². The van der Waals surface area contributed by atoms with Crippen molar-refractivity contribution in [2.24, 2.45) is 0 Å². The van der Waals surface area contributed by atoms with Crippen LogP contribution in [0.15, 0.2) is 24.3 Å². The second-order valence-electron chi connectivity index (χ2n) is 4.52. The zero-order chi connectivity index (χ0) is 13.9. The van der Waals surface area contributed by atoms with E-state index in [1.54, 1.807) is 0 Å². The number of rotatable bonds is 9. The van der Waals surface area contributed by atoms with E-state index in [4.69, 9.17) is 4.74 Å². The van der Waals surface area contributed by atoms with Crippen LogP contribution in [0.25, 0.3) is 0 Å². The average molecular weight is 301 g/mol. The first kappa shape index (κ1) is 18.7. The van der Waals surface area contributed by atoms with Crippen molar-refractivity contribution >= 4 is 18.3 Å². The molecule has 0 atom stereocenters. The molecule has 1 amide bonds. The van der Waals surface area contributed by atoms with Crippen LogP contribution >= 0.6 is 12.4 Å². The van der Waals surface area contributed by atoms with E-state index in [0.717, 1.165) is 30.7 Å². The van der Waals surface area contributed by atoms with Gasteiger partial charge in [-0.2, -0.15) is 0 Å². The van der Waals surface area contributed by atoms with Crippen molar-refractivity contribution in [1.29, 1.82) is 0 Å². The van der Waals surface area contributed by atoms with E-state index < -0.39 is 0 Å². The highest BCUT2D eigenvalue weighted by atomic mass is 35.5. The van der Waals surface area contributed by atoms with Crippen LogP contribution in [0.1, 0.15) is 24.8 Å². The summed E-state index contributed by atoms with van der Waals surface area (Å²) in [7, 11) is 1.89. The molecular formula is C15H25ClN2O2. The van der Waals surface area contributed by atoms with Gasteiger partial charge in [-0.15, -0.1) is 12.4 Å². The predicted octanol–water partition coefficient (Wildman–Crippen LogP) is 2.30. The van der Waals surface area contributed by atoms with Crippen molar-refractivity contribution in [3.05, 3.63) is 29.8 Å². The standard InChI is InChI=1S/C15H24N2O2.ClH/c1-13-7-3-4-8-14(13)19-12-6-11-17-15(18)9-5-10-16-2;/h3-4,7-8,16H,5-6,9-12H2,1-2H3,(H,17,18);1H. The summed E-state index contributed by atoms with van der Waals surface area (Å²) in [4.78, 5) is 11.4. The lowest BCUT2D eigenvalue weighted by molar-refractivity contribution is -0.121. The van der Waals surface area contributed by atoms with Crippen LogP contribution in [0.3, 0.4) is 0 Å². The molecule has 0 aromatic heterocycles. The van der Waals surface area contributed by atoms with Gasteiger partial charge in [-0.25, -0.2) is 0 Å². The number of halogens is 1. The van der Waals surface area contributed by atoms with Gasteiger partial charge in [-0.1, -0.05) is 18.2 Å². The Labute approximate surface area is 127 Å². The highest BCUT2D eigenvalue weighted by molar-refractivity contribution is 5.85. The third-order valence-electron chi connectivity index (χ3n) is 2.83. The number of para-hydroxylation sites is 1. The zero-order valence-electron chi connectivity index (χ0n) is 12.3. The van der Waals surface area contributed by atoms with Crippen LogP contribution in [0.2, 0.25) is 0 Å². The number of hydrogen-bond donors (Lipinski definition) is 2. The number of ether oxygens (including phenoxy) is 1. The maximum absolute atomic E-state index is 11.4. The Morgan fingerprint density at radius 2 is 1.95 bits per heavy atom. The summed E-state index contributed by atoms with van der Waals surface area (Å²) in [6.07, 6.45) is 2.29. The van der Waals surface area contributed by atoms with Crippen molar-refractivity contribution in [3.8, 4) is 5.75 Å². The predicted molar refractivity (Wildman–Crippen MR) is 84.7 cm³/mol. The number of benzene rings is 1. The van der Waals surface area contributed by atoms with Gasteiger partial charge in [-0.3, -0.25) is 4.79 Å². The zero-order valence-corrected chi connectivity index (χ0v) is 13.1. The topological polar surface area (TPSA) is 50.4 Å². The molecule has 0 saturated carbocycles. The normalized spacial score (nSPS) is 9.70. The Morgan fingerprint density at radius 1 is 1.20 bits per heavy atom. The molecule has 0 unspecified atom stereocenters. The van der Waals surface area contributed by atoms with E-state index in [1.165, 1.54) is 0 Å². The highest BCUT2D eigenvalue weighted by Gasteiger charge is 2.00. The number of nitrogens with one attached hydrogen (secondary N) is 2. The van der Waals surface area contributed by atoms with Crippen LogP contribution in [-0.4, -0.2) is 32.7 Å². The van der Waals surface area contributed by atoms with Gasteiger partial charge in [0.1, 0.15) is 5.75 Å². The largest absolute Gasteiger partial charge is 0.493 e. The third kappa shape index (κ3) is 8.02. The molecule has 0 aliphatic carbocycles. The fourth-order valence-corrected chi connectivity index (χ4v) is 1.71. The van der Waals surface area contributed by atoms with Gasteiger partial charge in [0.15, 0.2) is 0 Å². The van der Waals surface area contributed by atoms with Crippen molar-refractivity contribution in [2.45, 2.75) is 26.2 Å². The molecule has 0 aliphatic rings. The molecule has 1 rings (SSSR count). The Bertz CT molecular complexity index is 386. The highest BCUT2D eigenvalue weighted by Crippen LogP contribution is 2.15. The lowest BCUT2D eigenvalue weighted by Gasteiger charge is -2.09. The van der Waals surface area contributed by atoms with Crippen molar-refractivity contribution in [1.82, 2.24) is 10.6 Å². The lowest BCUT2D eigenvalue weighted by atomic mass is 10.2. The minimum absolute atomic E-state index is 0. The Kier molecular flexibility index (Phi) is 10.8. The van der Waals surface area contributed by atoms with Crippen molar-refractivity contribution < 1.29 is 9.53 Å². The fourth-order valence-electron chi connectivity index (χ4n) is 1.71. The minimum Gasteiger partial charge on any atom is -0.493 e. The summed E-state index contributed by atoms with van der Waals surface area (Å²) >= 11 is 0. The molecule has 114 valence electrons. The van der Waals surface area contributed by atoms with Crippen LogP contribution in [-0.2, 0) is 4.79 Å². The van der Waals surface area contributed by atoms with Gasteiger partial charge in [0.05, 0.1) is 6.61 Å². The van der Waals surface area contributed by atoms with Crippen LogP contribution in [0.4, 0.5) is 0 Å². The summed E-state index contributed by atoms with van der Waals surface area (Å²) in [5.74, 6) is 1.04. The molecule has 0 bridgehead atoms. The van der Waals surface area contributed by atoms with Gasteiger partial charge in [-0.05, 0) is 45.0 Å². The Morgan fingerprint density at radius 3 is 2.65 bits per heavy atom. The van der Waals surface area contributed by atoms with E-state index in [9.17, 15) is 4.79 Å². The first-order chi connectivity index (χ1) is 9.24. The quantitative estimate of drug-likeness (QED) is 0.688. The van der Waals surface area contributed by atoms with Crippen LogP contribution in [0.5, 0.6) is 5.75 Å². The van der Waals surface area contributed by atoms with Crippen LogP contribution in [0, 0.1) is 6.92 Å². The first-order valence-corrected chi connectivity index (χ1v) is 6.83. The average Bonchev–Trinajstić information content (AvgIpc) is 2.41. The second kappa shape index (κ2) is 11.6. The summed E-state index contributed by atoms with van der Waals surface area (Å²) in [6, 6.07) is 7.95. The van der Waals surface area contributed by atoms with E-state index in [0.29, 0.717) is 19.6 Å². The number of amides is 1. The van der Waals surface area contributed by atoms with Gasteiger partial charge >= 0.3 is 0 Å². The molecule has 0 spiro atoms. The lowest BCUT2D eigenvalue weighted by Crippen LogP contribution is -2.26. The number of hydrogen-bond acceptors (Lipinski definition) is 3. The maximum atomic E-state index is 11.4. The first-order valence-electron chi connectivity index (χ1n) is 6.83. The summed E-state index contributed by atoms with van der Waals surface area (Å²) < 4.78 is 5.66. The fraction of sp³-hybridized carbons (Fsp3) is 0.533. The number of carbonyl (C=O) groups excluding carboxylic acids is 1. The Balaban J connectivity index is 0.00000361. The molecule has 1 aromatic carbocycles. The third-order valence-corrected chi connectivity index (χ3v) is 2.83. The van der Waals surface area contributed by atoms with E-state index in [1.807, 2.05) is 38.2 Å². The van der Waals surface area contributed by atoms with Gasteiger partial charge in [0, 0.05) is 13.0 Å². The molecule has 20 heavy (non-hydrogen) atoms. The molecule has 0 saturated heterocycles. The van der Waals surface area contributed by atoms with Gasteiger partial charge < -0.3 is 15.4 Å². The van der Waals surface area contributed by atoms with E-state index in [-0.39, 0.29) is 18.3 Å². The number of aryl methyl sites for hydroxylation is 1. The molecule has 0 fully saturated rings. The molecule has 0 radical (unpaired) electrons. The molecule has 2 N–H and O–H groups in total. The second-order valence-corrected chi connectivity index (χ2v) is 4.52. The molecule has 1 aromatic rings. The summed E-state index contributed by atoms with van der Waals surface area (Å²) in [5, 5.41) is 5.92. The van der Waals surface area contributed by atoms with Gasteiger partial charge in [0.2, 0.25) is 5.91 Å². The van der Waals surface area contributed by atoms with Crippen molar-refractivity contribution in [2.75, 3.05) is 26.7 Å². The molecule has 0 heterocycles. The number of carbonyl (C=O) groups is 1. The molecule has 5 heteroatoms. The summed E-state index contributed by atoms with van der Waals surface area (Å²) in [5.41, 5.74) is 1.14. The van der Waals surface area contributed by atoms with Gasteiger partial charge in [0.25, 0.3) is 0 Å². The Hall–Kier alpha value is -1.26. The molecule has 4 nitrogen and oxygen atoms in total. The minimum atomic E-state index is 0. The smallest absolute Gasteiger partial charge is 0.220 e. The van der Waals surface area contributed by atoms with Crippen LogP contribution < -0.4 is 15.4 Å². The molecular weight excluding hydrogens is 276 g/mol. The summed E-state index contributed by atoms with van der Waals surface area (Å²) in [6.45, 7) is 4.20. The van der Waals surface area contributed by atoms with E-state index in [2.05, 4.69) is 10.6 Å². The monoisotopic (exact) mass is 300 g/mol.